The van der Waals surface area contributed by atoms with Gasteiger partial charge in [-0.15, -0.1) is 0 Å². The van der Waals surface area contributed by atoms with Crippen LogP contribution in [0.25, 0.3) is 0 Å². The van der Waals surface area contributed by atoms with Crippen LogP contribution in [-0.2, 0) is 27.9 Å². The Morgan fingerprint density at radius 2 is 0.983 bits per heavy atom. The molecule has 1 amide bonds. The minimum Gasteiger partial charge on any atom is -0.463 e. The zero-order chi connectivity index (χ0) is 42.5. The van der Waals surface area contributed by atoms with Crippen molar-refractivity contribution in [2.75, 3.05) is 26.4 Å². The van der Waals surface area contributed by atoms with E-state index in [-0.39, 0.29) is 32.1 Å². The molecule has 0 bridgehead atoms. The molecule has 0 aromatic rings. The van der Waals surface area contributed by atoms with Gasteiger partial charge in [-0.25, -0.2) is 4.57 Å². The molecule has 0 saturated carbocycles. The van der Waals surface area contributed by atoms with Gasteiger partial charge >= 0.3 is 13.8 Å². The van der Waals surface area contributed by atoms with Gasteiger partial charge in [0.15, 0.2) is 0 Å². The van der Waals surface area contributed by atoms with Gasteiger partial charge in [0.1, 0.15) is 12.7 Å². The molecule has 0 fully saturated rings. The van der Waals surface area contributed by atoms with Gasteiger partial charge in [-0.3, -0.25) is 18.6 Å². The second-order valence-electron chi connectivity index (χ2n) is 15.0. The Labute approximate surface area is 354 Å². The van der Waals surface area contributed by atoms with Gasteiger partial charge in [0.05, 0.1) is 13.2 Å². The first-order valence-electron chi connectivity index (χ1n) is 22.9. The summed E-state index contributed by atoms with van der Waals surface area (Å²) in [5.41, 5.74) is 0. The molecule has 0 rings (SSSR count). The monoisotopic (exact) mass is 834 g/mol. The van der Waals surface area contributed by atoms with Crippen LogP contribution in [0, 0.1) is 0 Å². The number of phosphoric ester groups is 1. The predicted octanol–water partition coefficient (Wildman–Crippen LogP) is 13.0. The standard InChI is InChI=1S/C48H84NO8P/c1-3-5-7-9-11-13-15-17-19-20-21-22-23-24-25-26-27-28-30-32-34-36-38-40-47(51)49-42-43-56-58(53,54)57-45-46(50)44-55-48(52)41-39-37-35-33-31-29-18-16-14-12-10-8-6-4-2/h5,7,11,13,16-19,21-22,24-25,46,50H,3-4,6,8-10,12,14-15,20,23,26-45H2,1-2H3,(H,49,51)(H,53,54)/b7-5-,13-11-,18-16-,19-17-,22-21-,25-24-. The highest BCUT2D eigenvalue weighted by molar-refractivity contribution is 7.47. The van der Waals surface area contributed by atoms with Gasteiger partial charge in [0.25, 0.3) is 0 Å². The third-order valence-electron chi connectivity index (χ3n) is 9.37. The number of hydrogen-bond acceptors (Lipinski definition) is 7. The molecule has 2 unspecified atom stereocenters. The van der Waals surface area contributed by atoms with E-state index in [1.807, 2.05) is 0 Å². The number of aliphatic hydroxyl groups excluding tert-OH is 1. The van der Waals surface area contributed by atoms with E-state index in [0.717, 1.165) is 96.3 Å². The predicted molar refractivity (Wildman–Crippen MR) is 243 cm³/mol. The van der Waals surface area contributed by atoms with Gasteiger partial charge in [-0.2, -0.15) is 0 Å². The molecular formula is C48H84NO8P. The number of ether oxygens (including phenoxy) is 1. The van der Waals surface area contributed by atoms with E-state index < -0.39 is 26.5 Å². The first kappa shape index (κ1) is 55.5. The number of unbranched alkanes of at least 4 members (excludes halogenated alkanes) is 17. The molecule has 0 aromatic carbocycles. The third kappa shape index (κ3) is 44.6. The van der Waals surface area contributed by atoms with Crippen LogP contribution in [0.2, 0.25) is 0 Å². The summed E-state index contributed by atoms with van der Waals surface area (Å²) in [5.74, 6) is -0.540. The Kier molecular flexibility index (Phi) is 42.1. The fraction of sp³-hybridized carbons (Fsp3) is 0.708. The van der Waals surface area contributed by atoms with Crippen LogP contribution in [0.15, 0.2) is 72.9 Å². The summed E-state index contributed by atoms with van der Waals surface area (Å²) in [6.45, 7) is 3.40. The van der Waals surface area contributed by atoms with Crippen LogP contribution in [0.5, 0.6) is 0 Å². The summed E-state index contributed by atoms with van der Waals surface area (Å²) >= 11 is 0. The zero-order valence-electron chi connectivity index (χ0n) is 36.7. The molecule has 334 valence electrons. The largest absolute Gasteiger partial charge is 0.472 e. The number of rotatable bonds is 42. The molecule has 0 radical (unpaired) electrons. The third-order valence-corrected chi connectivity index (χ3v) is 10.4. The number of nitrogens with one attached hydrogen (secondary N) is 1. The SMILES string of the molecule is CC/C=C\C/C=C\C/C=C\C/C=C\C/C=C\CCCCCCCCCC(=O)NCCOP(=O)(O)OCC(O)COC(=O)CCCCCCC/C=C\CCCCCCC. The summed E-state index contributed by atoms with van der Waals surface area (Å²) < 4.78 is 26.9. The van der Waals surface area contributed by atoms with Crippen LogP contribution in [0.4, 0.5) is 0 Å². The number of carbonyl (C=O) groups is 2. The molecule has 3 N–H and O–H groups in total. The lowest BCUT2D eigenvalue weighted by atomic mass is 10.1. The molecule has 2 atom stereocenters. The Morgan fingerprint density at radius 3 is 1.50 bits per heavy atom. The molecule has 9 nitrogen and oxygen atoms in total. The highest BCUT2D eigenvalue weighted by atomic mass is 31.2. The molecule has 58 heavy (non-hydrogen) atoms. The maximum Gasteiger partial charge on any atom is 0.472 e. The second kappa shape index (κ2) is 44.0. The number of phosphoric acid groups is 1. The van der Waals surface area contributed by atoms with E-state index in [1.165, 1.54) is 64.2 Å². The van der Waals surface area contributed by atoms with Crippen LogP contribution in [0.3, 0.4) is 0 Å². The lowest BCUT2D eigenvalue weighted by Crippen LogP contribution is -2.27. The van der Waals surface area contributed by atoms with Crippen molar-refractivity contribution in [3.8, 4) is 0 Å². The topological polar surface area (TPSA) is 131 Å². The number of esters is 1. The minimum atomic E-state index is -4.43. The number of carbonyl (C=O) groups excluding carboxylic acids is 2. The lowest BCUT2D eigenvalue weighted by Gasteiger charge is -2.15. The van der Waals surface area contributed by atoms with Crippen molar-refractivity contribution in [3.63, 3.8) is 0 Å². The van der Waals surface area contributed by atoms with Crippen molar-refractivity contribution in [1.29, 1.82) is 0 Å². The van der Waals surface area contributed by atoms with Crippen LogP contribution >= 0.6 is 7.82 Å². The smallest absolute Gasteiger partial charge is 0.463 e. The maximum atomic E-state index is 12.1. The van der Waals surface area contributed by atoms with E-state index in [4.69, 9.17) is 13.8 Å². The fourth-order valence-electron chi connectivity index (χ4n) is 5.93. The van der Waals surface area contributed by atoms with Gasteiger partial charge < -0.3 is 20.1 Å². The Morgan fingerprint density at radius 1 is 0.552 bits per heavy atom. The normalized spacial score (nSPS) is 13.9. The number of allylic oxidation sites excluding steroid dienone is 12. The number of hydrogen-bond donors (Lipinski definition) is 3. The molecule has 0 heterocycles. The van der Waals surface area contributed by atoms with Crippen molar-refractivity contribution >= 4 is 19.7 Å². The Hall–Kier alpha value is -2.55. The van der Waals surface area contributed by atoms with Crippen LogP contribution < -0.4 is 5.32 Å². The van der Waals surface area contributed by atoms with E-state index in [1.54, 1.807) is 0 Å². The second-order valence-corrected chi connectivity index (χ2v) is 16.4. The average Bonchev–Trinajstić information content (AvgIpc) is 3.21. The molecule has 10 heteroatoms. The summed E-state index contributed by atoms with van der Waals surface area (Å²) in [7, 11) is -4.43. The summed E-state index contributed by atoms with van der Waals surface area (Å²) in [4.78, 5) is 33.9. The van der Waals surface area contributed by atoms with Gasteiger partial charge in [0, 0.05) is 19.4 Å². The maximum absolute atomic E-state index is 12.1. The van der Waals surface area contributed by atoms with Crippen LogP contribution in [-0.4, -0.2) is 54.3 Å². The fourth-order valence-corrected chi connectivity index (χ4v) is 6.69. The van der Waals surface area contributed by atoms with Crippen molar-refractivity contribution in [3.05, 3.63) is 72.9 Å². The van der Waals surface area contributed by atoms with Crippen molar-refractivity contribution < 1.29 is 37.9 Å². The van der Waals surface area contributed by atoms with Crippen molar-refractivity contribution in [2.24, 2.45) is 0 Å². The zero-order valence-corrected chi connectivity index (χ0v) is 37.6. The van der Waals surface area contributed by atoms with E-state index in [2.05, 4.69) is 92.1 Å². The summed E-state index contributed by atoms with van der Waals surface area (Å²) in [6, 6.07) is 0. The van der Waals surface area contributed by atoms with Gasteiger partial charge in [0.2, 0.25) is 5.91 Å². The van der Waals surface area contributed by atoms with Crippen LogP contribution in [0.1, 0.15) is 187 Å². The molecule has 0 aliphatic rings. The molecular weight excluding hydrogens is 750 g/mol. The number of aliphatic hydroxyl groups is 1. The number of amides is 1. The average molecular weight is 834 g/mol. The van der Waals surface area contributed by atoms with E-state index in [9.17, 15) is 24.2 Å². The minimum absolute atomic E-state index is 0.0705. The van der Waals surface area contributed by atoms with Gasteiger partial charge in [-0.1, -0.05) is 164 Å². The Balaban J connectivity index is 3.63. The Bertz CT molecular complexity index is 1180. The molecule has 0 saturated heterocycles. The highest BCUT2D eigenvalue weighted by Crippen LogP contribution is 2.42. The molecule has 0 aliphatic carbocycles. The molecule has 0 aromatic heterocycles. The van der Waals surface area contributed by atoms with Crippen molar-refractivity contribution in [2.45, 2.75) is 193 Å². The quantitative estimate of drug-likeness (QED) is 0.0240. The van der Waals surface area contributed by atoms with E-state index in [0.29, 0.717) is 6.42 Å². The molecule has 0 aliphatic heterocycles. The summed E-state index contributed by atoms with van der Waals surface area (Å²) in [5, 5.41) is 12.7. The van der Waals surface area contributed by atoms with E-state index >= 15 is 0 Å². The lowest BCUT2D eigenvalue weighted by molar-refractivity contribution is -0.147. The highest BCUT2D eigenvalue weighted by Gasteiger charge is 2.23. The first-order chi connectivity index (χ1) is 28.3. The first-order valence-corrected chi connectivity index (χ1v) is 24.4. The summed E-state index contributed by atoms with van der Waals surface area (Å²) in [6.07, 6.45) is 54.0. The van der Waals surface area contributed by atoms with Gasteiger partial charge in [-0.05, 0) is 83.5 Å². The van der Waals surface area contributed by atoms with Crippen molar-refractivity contribution in [1.82, 2.24) is 5.32 Å². The molecule has 0 spiro atoms.